The summed E-state index contributed by atoms with van der Waals surface area (Å²) in [5, 5.41) is 0. The zero-order valence-electron chi connectivity index (χ0n) is 11.6. The fraction of sp³-hybridized carbons (Fsp3) is 0.0556. The number of rotatable bonds is 4. The average molecular weight is 278 g/mol. The summed E-state index contributed by atoms with van der Waals surface area (Å²) in [4.78, 5) is 12.7. The molecule has 0 unspecified atom stereocenters. The summed E-state index contributed by atoms with van der Waals surface area (Å²) in [6.45, 7) is 0. The van der Waals surface area contributed by atoms with E-state index in [0.29, 0.717) is 22.6 Å². The van der Waals surface area contributed by atoms with Gasteiger partial charge >= 0.3 is 0 Å². The van der Waals surface area contributed by atoms with Crippen molar-refractivity contribution in [3.05, 3.63) is 78.1 Å². The number of methoxy groups -OCH3 is 1. The molecule has 3 aromatic rings. The quantitative estimate of drug-likeness (QED) is 0.672. The van der Waals surface area contributed by atoms with E-state index in [2.05, 4.69) is 0 Å². The van der Waals surface area contributed by atoms with Crippen LogP contribution in [0.4, 0.5) is 0 Å². The minimum Gasteiger partial charge on any atom is -0.497 e. The molecule has 0 aliphatic rings. The summed E-state index contributed by atoms with van der Waals surface area (Å²) >= 11 is 0. The molecular weight excluding hydrogens is 264 g/mol. The molecule has 0 spiro atoms. The first-order valence-corrected chi connectivity index (χ1v) is 6.61. The molecule has 0 aliphatic heterocycles. The molecule has 0 radical (unpaired) electrons. The maximum absolute atomic E-state index is 12.7. The van der Waals surface area contributed by atoms with Crippen LogP contribution < -0.4 is 4.74 Å². The minimum absolute atomic E-state index is 0.0374. The van der Waals surface area contributed by atoms with Gasteiger partial charge in [0, 0.05) is 16.7 Å². The second-order valence-electron chi connectivity index (χ2n) is 4.58. The van der Waals surface area contributed by atoms with E-state index in [0.717, 1.165) is 5.56 Å². The van der Waals surface area contributed by atoms with Gasteiger partial charge in [-0.1, -0.05) is 30.3 Å². The number of hydrogen-bond acceptors (Lipinski definition) is 3. The zero-order chi connectivity index (χ0) is 14.7. The molecule has 0 N–H and O–H groups in total. The number of ketones is 1. The Bertz CT molecular complexity index is 743. The van der Waals surface area contributed by atoms with Crippen molar-refractivity contribution in [3.63, 3.8) is 0 Å². The standard InChI is InChI=1S/C18H14O3/c1-20-14-9-10-15(16(12-14)17-8-5-11-21-17)18(19)13-6-3-2-4-7-13/h2-12H,1H3. The van der Waals surface area contributed by atoms with E-state index in [1.807, 2.05) is 30.3 Å². The van der Waals surface area contributed by atoms with E-state index in [1.165, 1.54) is 0 Å². The molecule has 21 heavy (non-hydrogen) atoms. The molecule has 0 amide bonds. The predicted molar refractivity (Wildman–Crippen MR) is 80.6 cm³/mol. The highest BCUT2D eigenvalue weighted by molar-refractivity contribution is 6.12. The first kappa shape index (κ1) is 13.2. The summed E-state index contributed by atoms with van der Waals surface area (Å²) in [6, 6.07) is 18.2. The molecule has 0 fully saturated rings. The van der Waals surface area contributed by atoms with Gasteiger partial charge in [0.1, 0.15) is 11.5 Å². The Morgan fingerprint density at radius 1 is 1.00 bits per heavy atom. The number of hydrogen-bond donors (Lipinski definition) is 0. The zero-order valence-corrected chi connectivity index (χ0v) is 11.6. The van der Waals surface area contributed by atoms with E-state index in [-0.39, 0.29) is 5.78 Å². The van der Waals surface area contributed by atoms with E-state index in [1.54, 1.807) is 43.7 Å². The van der Waals surface area contributed by atoms with Gasteiger partial charge < -0.3 is 9.15 Å². The summed E-state index contributed by atoms with van der Waals surface area (Å²) in [7, 11) is 1.60. The Hall–Kier alpha value is -2.81. The largest absolute Gasteiger partial charge is 0.497 e. The van der Waals surface area contributed by atoms with Gasteiger partial charge in [-0.2, -0.15) is 0 Å². The monoisotopic (exact) mass is 278 g/mol. The van der Waals surface area contributed by atoms with E-state index < -0.39 is 0 Å². The number of furan rings is 1. The van der Waals surface area contributed by atoms with Crippen LogP contribution in [0.5, 0.6) is 5.75 Å². The summed E-state index contributed by atoms with van der Waals surface area (Å²) in [5.74, 6) is 1.30. The molecule has 2 aromatic carbocycles. The van der Waals surface area contributed by atoms with Gasteiger partial charge in [0.25, 0.3) is 0 Å². The van der Waals surface area contributed by atoms with E-state index >= 15 is 0 Å². The number of benzene rings is 2. The first-order valence-electron chi connectivity index (χ1n) is 6.61. The van der Waals surface area contributed by atoms with Crippen LogP contribution in [0.2, 0.25) is 0 Å². The SMILES string of the molecule is COc1ccc(C(=O)c2ccccc2)c(-c2ccco2)c1. The first-order chi connectivity index (χ1) is 10.3. The fourth-order valence-electron chi connectivity index (χ4n) is 2.23. The molecule has 3 nitrogen and oxygen atoms in total. The van der Waals surface area contributed by atoms with Gasteiger partial charge in [-0.25, -0.2) is 0 Å². The lowest BCUT2D eigenvalue weighted by Gasteiger charge is -2.09. The molecule has 1 heterocycles. The minimum atomic E-state index is -0.0374. The topological polar surface area (TPSA) is 39.4 Å². The van der Waals surface area contributed by atoms with Crippen LogP contribution in [0.25, 0.3) is 11.3 Å². The number of ether oxygens (including phenoxy) is 1. The van der Waals surface area contributed by atoms with Crippen LogP contribution in [0.1, 0.15) is 15.9 Å². The van der Waals surface area contributed by atoms with Gasteiger partial charge in [0.05, 0.1) is 13.4 Å². The lowest BCUT2D eigenvalue weighted by atomic mass is 9.97. The van der Waals surface area contributed by atoms with Crippen LogP contribution >= 0.6 is 0 Å². The van der Waals surface area contributed by atoms with Gasteiger partial charge in [-0.15, -0.1) is 0 Å². The van der Waals surface area contributed by atoms with Gasteiger partial charge in [-0.3, -0.25) is 4.79 Å². The molecule has 1 aromatic heterocycles. The molecule has 3 heteroatoms. The Kier molecular flexibility index (Phi) is 3.56. The number of carbonyl (C=O) groups excluding carboxylic acids is 1. The van der Waals surface area contributed by atoms with Crippen molar-refractivity contribution in [3.8, 4) is 17.1 Å². The summed E-state index contributed by atoms with van der Waals surface area (Å²) < 4.78 is 10.7. The van der Waals surface area contributed by atoms with Crippen LogP contribution in [0, 0.1) is 0 Å². The van der Waals surface area contributed by atoms with Crippen LogP contribution in [0.15, 0.2) is 71.3 Å². The molecule has 0 saturated carbocycles. The van der Waals surface area contributed by atoms with Crippen molar-refractivity contribution in [1.82, 2.24) is 0 Å². The fourth-order valence-corrected chi connectivity index (χ4v) is 2.23. The Morgan fingerprint density at radius 2 is 1.81 bits per heavy atom. The van der Waals surface area contributed by atoms with Crippen LogP contribution in [0.3, 0.4) is 0 Å². The third kappa shape index (κ3) is 2.58. The maximum Gasteiger partial charge on any atom is 0.193 e. The van der Waals surface area contributed by atoms with Crippen LogP contribution in [-0.4, -0.2) is 12.9 Å². The van der Waals surface area contributed by atoms with Crippen molar-refractivity contribution >= 4 is 5.78 Å². The molecule has 0 aliphatic carbocycles. The Labute approximate surface area is 122 Å². The molecule has 0 bridgehead atoms. The van der Waals surface area contributed by atoms with Crippen molar-refractivity contribution in [2.24, 2.45) is 0 Å². The van der Waals surface area contributed by atoms with E-state index in [4.69, 9.17) is 9.15 Å². The molecule has 3 rings (SSSR count). The highest BCUT2D eigenvalue weighted by Crippen LogP contribution is 2.30. The van der Waals surface area contributed by atoms with Crippen molar-refractivity contribution in [1.29, 1.82) is 0 Å². The number of carbonyl (C=O) groups is 1. The molecule has 0 atom stereocenters. The third-order valence-corrected chi connectivity index (χ3v) is 3.29. The highest BCUT2D eigenvalue weighted by atomic mass is 16.5. The normalized spacial score (nSPS) is 10.3. The van der Waals surface area contributed by atoms with E-state index in [9.17, 15) is 4.79 Å². The molecular formula is C18H14O3. The predicted octanol–water partition coefficient (Wildman–Crippen LogP) is 4.19. The third-order valence-electron chi connectivity index (χ3n) is 3.29. The molecule has 0 saturated heterocycles. The summed E-state index contributed by atoms with van der Waals surface area (Å²) in [6.07, 6.45) is 1.59. The Balaban J connectivity index is 2.12. The second kappa shape index (κ2) is 5.67. The Morgan fingerprint density at radius 3 is 2.48 bits per heavy atom. The van der Waals surface area contributed by atoms with Gasteiger partial charge in [0.15, 0.2) is 5.78 Å². The lowest BCUT2D eigenvalue weighted by molar-refractivity contribution is 0.103. The highest BCUT2D eigenvalue weighted by Gasteiger charge is 2.17. The van der Waals surface area contributed by atoms with Crippen molar-refractivity contribution in [2.45, 2.75) is 0 Å². The van der Waals surface area contributed by atoms with Crippen molar-refractivity contribution in [2.75, 3.05) is 7.11 Å². The van der Waals surface area contributed by atoms with Crippen molar-refractivity contribution < 1.29 is 13.9 Å². The average Bonchev–Trinajstić information content (AvgIpc) is 3.09. The maximum atomic E-state index is 12.7. The lowest BCUT2D eigenvalue weighted by Crippen LogP contribution is -2.03. The summed E-state index contributed by atoms with van der Waals surface area (Å²) in [5.41, 5.74) is 1.97. The molecule has 104 valence electrons. The van der Waals surface area contributed by atoms with Gasteiger partial charge in [-0.05, 0) is 30.3 Å². The van der Waals surface area contributed by atoms with Gasteiger partial charge in [0.2, 0.25) is 0 Å². The van der Waals surface area contributed by atoms with Crippen LogP contribution in [-0.2, 0) is 0 Å². The second-order valence-corrected chi connectivity index (χ2v) is 4.58. The smallest absolute Gasteiger partial charge is 0.193 e.